The Bertz CT molecular complexity index is 1150. The summed E-state index contributed by atoms with van der Waals surface area (Å²) in [5.41, 5.74) is 2.15. The van der Waals surface area contributed by atoms with Crippen LogP contribution in [0.5, 0.6) is 0 Å². The monoisotopic (exact) mass is 411 g/mol. The molecule has 1 aliphatic rings. The third-order valence-corrected chi connectivity index (χ3v) is 6.73. The molecule has 1 aromatic heterocycles. The van der Waals surface area contributed by atoms with Gasteiger partial charge in [-0.15, -0.1) is 0 Å². The van der Waals surface area contributed by atoms with Gasteiger partial charge in [0.1, 0.15) is 5.82 Å². The first-order chi connectivity index (χ1) is 13.9. The number of nitrogens with one attached hydrogen (secondary N) is 1. The standard InChI is InChI=1S/C21H21N3O4S/c1-15(25)16-2-5-18(6-3-16)22-21-9-4-17-14-19(7-8-20(17)23-21)29(26,27)24-10-12-28-13-11-24/h2-9,14H,10-13H2,1H3,(H,22,23). The van der Waals surface area contributed by atoms with Gasteiger partial charge in [0.25, 0.3) is 0 Å². The number of carbonyl (C=O) groups is 1. The Kier molecular flexibility index (Phi) is 5.31. The first-order valence-corrected chi connectivity index (χ1v) is 10.7. The van der Waals surface area contributed by atoms with Gasteiger partial charge in [-0.3, -0.25) is 4.79 Å². The number of Topliss-reactive ketones (excluding diaryl/α,β-unsaturated/α-hetero) is 1. The number of hydrogen-bond acceptors (Lipinski definition) is 6. The second-order valence-electron chi connectivity index (χ2n) is 6.83. The highest BCUT2D eigenvalue weighted by Crippen LogP contribution is 2.24. The van der Waals surface area contributed by atoms with Gasteiger partial charge >= 0.3 is 0 Å². The van der Waals surface area contributed by atoms with Gasteiger partial charge in [0.05, 0.1) is 23.6 Å². The number of rotatable bonds is 5. The Labute approximate surface area is 169 Å². The number of nitrogens with zero attached hydrogens (tertiary/aromatic N) is 2. The Morgan fingerprint density at radius 2 is 1.76 bits per heavy atom. The number of fused-ring (bicyclic) bond motifs is 1. The predicted octanol–water partition coefficient (Wildman–Crippen LogP) is 3.20. The number of sulfonamides is 1. The molecular weight excluding hydrogens is 390 g/mol. The molecule has 0 bridgehead atoms. The van der Waals surface area contributed by atoms with Crippen LogP contribution in [0, 0.1) is 0 Å². The van der Waals surface area contributed by atoms with E-state index < -0.39 is 10.0 Å². The summed E-state index contributed by atoms with van der Waals surface area (Å²) in [5.74, 6) is 0.653. The van der Waals surface area contributed by atoms with Crippen molar-refractivity contribution in [2.75, 3.05) is 31.6 Å². The van der Waals surface area contributed by atoms with Gasteiger partial charge in [-0.25, -0.2) is 13.4 Å². The maximum absolute atomic E-state index is 12.8. The minimum atomic E-state index is -3.54. The van der Waals surface area contributed by atoms with Crippen molar-refractivity contribution in [3.8, 4) is 0 Å². The van der Waals surface area contributed by atoms with Crippen LogP contribution in [-0.4, -0.2) is 49.8 Å². The molecule has 0 spiro atoms. The van der Waals surface area contributed by atoms with Gasteiger partial charge in [0, 0.05) is 29.7 Å². The van der Waals surface area contributed by atoms with Crippen LogP contribution in [0.1, 0.15) is 17.3 Å². The van der Waals surface area contributed by atoms with E-state index in [0.717, 1.165) is 11.1 Å². The molecule has 0 atom stereocenters. The lowest BCUT2D eigenvalue weighted by molar-refractivity contribution is 0.0730. The molecule has 7 nitrogen and oxygen atoms in total. The number of benzene rings is 2. The minimum absolute atomic E-state index is 0.0169. The predicted molar refractivity (Wildman–Crippen MR) is 111 cm³/mol. The number of ether oxygens (including phenoxy) is 1. The fourth-order valence-electron chi connectivity index (χ4n) is 3.21. The summed E-state index contributed by atoms with van der Waals surface area (Å²) in [5, 5.41) is 3.94. The lowest BCUT2D eigenvalue weighted by Crippen LogP contribution is -2.40. The molecule has 1 aliphatic heterocycles. The number of morpholine rings is 1. The number of pyridine rings is 1. The molecule has 0 unspecified atom stereocenters. The lowest BCUT2D eigenvalue weighted by Gasteiger charge is -2.26. The van der Waals surface area contributed by atoms with Crippen LogP contribution in [-0.2, 0) is 14.8 Å². The smallest absolute Gasteiger partial charge is 0.243 e. The van der Waals surface area contributed by atoms with Gasteiger partial charge in [-0.1, -0.05) is 0 Å². The average Bonchev–Trinajstić information content (AvgIpc) is 2.74. The van der Waals surface area contributed by atoms with E-state index in [2.05, 4.69) is 10.3 Å². The summed E-state index contributed by atoms with van der Waals surface area (Å²) < 4.78 is 32.3. The van der Waals surface area contributed by atoms with Crippen molar-refractivity contribution < 1.29 is 17.9 Å². The molecule has 1 N–H and O–H groups in total. The first kappa shape index (κ1) is 19.5. The largest absolute Gasteiger partial charge is 0.379 e. The van der Waals surface area contributed by atoms with Crippen molar-refractivity contribution in [2.24, 2.45) is 0 Å². The molecule has 29 heavy (non-hydrogen) atoms. The van der Waals surface area contributed by atoms with Crippen LogP contribution in [0.25, 0.3) is 10.9 Å². The van der Waals surface area contributed by atoms with Crippen molar-refractivity contribution in [3.05, 3.63) is 60.2 Å². The van der Waals surface area contributed by atoms with Gasteiger partial charge in [0.2, 0.25) is 10.0 Å². The Morgan fingerprint density at radius 3 is 2.45 bits per heavy atom. The van der Waals surface area contributed by atoms with Gasteiger partial charge in [-0.05, 0) is 61.5 Å². The molecule has 4 rings (SSSR count). The van der Waals surface area contributed by atoms with Crippen LogP contribution in [0.2, 0.25) is 0 Å². The first-order valence-electron chi connectivity index (χ1n) is 9.30. The van der Waals surface area contributed by atoms with Gasteiger partial charge in [0.15, 0.2) is 5.78 Å². The van der Waals surface area contributed by atoms with E-state index in [1.54, 1.807) is 36.4 Å². The van der Waals surface area contributed by atoms with E-state index in [1.807, 2.05) is 18.2 Å². The summed E-state index contributed by atoms with van der Waals surface area (Å²) in [4.78, 5) is 16.2. The van der Waals surface area contributed by atoms with Crippen LogP contribution in [0.4, 0.5) is 11.5 Å². The van der Waals surface area contributed by atoms with Crippen molar-refractivity contribution in [1.29, 1.82) is 0 Å². The van der Waals surface area contributed by atoms with E-state index in [-0.39, 0.29) is 10.7 Å². The van der Waals surface area contributed by atoms with E-state index in [9.17, 15) is 13.2 Å². The highest BCUT2D eigenvalue weighted by Gasteiger charge is 2.26. The molecular formula is C21H21N3O4S. The van der Waals surface area contributed by atoms with Crippen molar-refractivity contribution in [1.82, 2.24) is 9.29 Å². The van der Waals surface area contributed by atoms with Crippen molar-refractivity contribution in [3.63, 3.8) is 0 Å². The molecule has 0 aliphatic carbocycles. The average molecular weight is 411 g/mol. The number of anilines is 2. The summed E-state index contributed by atoms with van der Waals surface area (Å²) in [7, 11) is -3.54. The second kappa shape index (κ2) is 7.90. The zero-order chi connectivity index (χ0) is 20.4. The number of aromatic nitrogens is 1. The summed E-state index contributed by atoms with van der Waals surface area (Å²) in [6.45, 7) is 3.09. The zero-order valence-electron chi connectivity index (χ0n) is 16.0. The summed E-state index contributed by atoms with van der Waals surface area (Å²) in [6, 6.07) is 15.8. The second-order valence-corrected chi connectivity index (χ2v) is 8.76. The van der Waals surface area contributed by atoms with E-state index in [1.165, 1.54) is 11.2 Å². The maximum atomic E-state index is 12.8. The molecule has 0 saturated carbocycles. The van der Waals surface area contributed by atoms with Crippen LogP contribution >= 0.6 is 0 Å². The minimum Gasteiger partial charge on any atom is -0.379 e. The quantitative estimate of drug-likeness (QED) is 0.649. The zero-order valence-corrected chi connectivity index (χ0v) is 16.8. The van der Waals surface area contributed by atoms with Crippen molar-refractivity contribution in [2.45, 2.75) is 11.8 Å². The molecule has 8 heteroatoms. The normalized spacial score (nSPS) is 15.3. The molecule has 0 amide bonds. The summed E-state index contributed by atoms with van der Waals surface area (Å²) in [6.07, 6.45) is 0. The van der Waals surface area contributed by atoms with Crippen LogP contribution in [0.3, 0.4) is 0 Å². The number of hydrogen-bond donors (Lipinski definition) is 1. The molecule has 0 radical (unpaired) electrons. The third-order valence-electron chi connectivity index (χ3n) is 4.83. The molecule has 150 valence electrons. The number of ketones is 1. The fourth-order valence-corrected chi connectivity index (χ4v) is 4.65. The maximum Gasteiger partial charge on any atom is 0.243 e. The van der Waals surface area contributed by atoms with Crippen LogP contribution < -0.4 is 5.32 Å². The van der Waals surface area contributed by atoms with E-state index in [0.29, 0.717) is 43.2 Å². The Hall–Kier alpha value is -2.81. The highest BCUT2D eigenvalue weighted by atomic mass is 32.2. The molecule has 2 heterocycles. The highest BCUT2D eigenvalue weighted by molar-refractivity contribution is 7.89. The fraction of sp³-hybridized carbons (Fsp3) is 0.238. The van der Waals surface area contributed by atoms with Crippen molar-refractivity contribution >= 4 is 38.2 Å². The van der Waals surface area contributed by atoms with Gasteiger partial charge < -0.3 is 10.1 Å². The SMILES string of the molecule is CC(=O)c1ccc(Nc2ccc3cc(S(=O)(=O)N4CCOCC4)ccc3n2)cc1. The molecule has 3 aromatic rings. The van der Waals surface area contributed by atoms with E-state index >= 15 is 0 Å². The Morgan fingerprint density at radius 1 is 1.03 bits per heavy atom. The lowest BCUT2D eigenvalue weighted by atomic mass is 10.1. The summed E-state index contributed by atoms with van der Waals surface area (Å²) >= 11 is 0. The third kappa shape index (κ3) is 4.14. The molecule has 2 aromatic carbocycles. The van der Waals surface area contributed by atoms with Crippen LogP contribution in [0.15, 0.2) is 59.5 Å². The Balaban J connectivity index is 1.57. The van der Waals surface area contributed by atoms with E-state index in [4.69, 9.17) is 4.74 Å². The van der Waals surface area contributed by atoms with Gasteiger partial charge in [-0.2, -0.15) is 4.31 Å². The topological polar surface area (TPSA) is 88.6 Å². The molecule has 1 saturated heterocycles. The molecule has 1 fully saturated rings. The number of carbonyl (C=O) groups excluding carboxylic acids is 1.